The van der Waals surface area contributed by atoms with Crippen molar-refractivity contribution < 1.29 is 29.7 Å². The van der Waals surface area contributed by atoms with E-state index in [4.69, 9.17) is 0 Å². The summed E-state index contributed by atoms with van der Waals surface area (Å²) in [5.74, 6) is -2.70. The fourth-order valence-corrected chi connectivity index (χ4v) is 14.3. The van der Waals surface area contributed by atoms with Gasteiger partial charge in [-0.2, -0.15) is 0 Å². The number of carboxylic acid groups (broad SMARTS) is 3. The Hall–Kier alpha value is -1.06. The second-order valence-corrected chi connectivity index (χ2v) is 30.9. The molecule has 0 spiro atoms. The van der Waals surface area contributed by atoms with Gasteiger partial charge in [-0.3, -0.25) is 0 Å². The summed E-state index contributed by atoms with van der Waals surface area (Å²) in [6.45, 7) is 6.89. The van der Waals surface area contributed by atoms with Crippen LogP contribution in [0.2, 0.25) is 0 Å². The van der Waals surface area contributed by atoms with Gasteiger partial charge in [-0.05, 0) is 38.5 Å². The molecule has 0 unspecified atom stereocenters. The number of carbonyl (C=O) groups excluding carboxylic acids is 3. The fourth-order valence-electron chi connectivity index (χ4n) is 14.3. The molecule has 0 atom stereocenters. The second-order valence-electron chi connectivity index (χ2n) is 30.9. The number of rotatable bonds is 84. The molecule has 0 aliphatic rings. The first-order chi connectivity index (χ1) is 47.3. The number of carboxylic acids is 3. The average Bonchev–Trinajstić information content (AvgIpc) is 3.58. The maximum absolute atomic E-state index is 10.3. The van der Waals surface area contributed by atoms with Crippen molar-refractivity contribution >= 4 is 35.3 Å². The predicted octanol–water partition coefficient (Wildman–Crippen LogP) is 28.7. The number of hydrogen-bond acceptors (Lipinski definition) is 6. The minimum Gasteiger partial charge on any atom is -0.550 e. The van der Waals surface area contributed by atoms with Crippen LogP contribution in [0.4, 0.5) is 0 Å². The van der Waals surface area contributed by atoms with Gasteiger partial charge in [-0.1, -0.05) is 522 Å². The minimum atomic E-state index is -0.899. The quantitative estimate of drug-likeness (QED) is 0.0442. The molecule has 0 aromatic heterocycles. The molecule has 0 aromatic carbocycles. The number of hydrogen-bond donors (Lipinski definition) is 0. The molecule has 0 aliphatic heterocycles. The van der Waals surface area contributed by atoms with Gasteiger partial charge in [0.05, 0.1) is 0 Å². The van der Waals surface area contributed by atoms with Crippen molar-refractivity contribution in [2.24, 2.45) is 0 Å². The van der Waals surface area contributed by atoms with Crippen LogP contribution in [0.25, 0.3) is 0 Å². The van der Waals surface area contributed by atoms with Crippen LogP contribution in [0.1, 0.15) is 560 Å². The Bertz CT molecular complexity index is 1230. The SMILES string of the molecule is CCCCCCCCCCCCCCCCCCCCCCCCCCCCCC(=O)[O-].CCCCCCCCCCCCCCCCCCCCCCCCCCCCCC(=O)[O-].CCCCCCCCCCCCCCCCCCCCCCCCCCCCCC(=O)[O-].[Al+3]. The first kappa shape index (κ1) is 102. The molecule has 6 nitrogen and oxygen atoms in total. The van der Waals surface area contributed by atoms with Crippen LogP contribution in [0.15, 0.2) is 0 Å². The molecular formula is C90H177AlO6. The summed E-state index contributed by atoms with van der Waals surface area (Å²) < 4.78 is 0. The largest absolute Gasteiger partial charge is 3.00 e. The third kappa shape index (κ3) is 111. The van der Waals surface area contributed by atoms with Crippen molar-refractivity contribution in [2.75, 3.05) is 0 Å². The Labute approximate surface area is 621 Å². The van der Waals surface area contributed by atoms with E-state index >= 15 is 0 Å². The molecule has 0 fully saturated rings. The molecule has 0 rings (SSSR count). The van der Waals surface area contributed by atoms with Gasteiger partial charge in [0.15, 0.2) is 0 Å². The van der Waals surface area contributed by atoms with Crippen molar-refractivity contribution in [3.05, 3.63) is 0 Å². The van der Waals surface area contributed by atoms with Gasteiger partial charge in [-0.15, -0.1) is 0 Å². The molecule has 0 N–H and O–H groups in total. The van der Waals surface area contributed by atoms with E-state index in [1.165, 1.54) is 482 Å². The van der Waals surface area contributed by atoms with Crippen molar-refractivity contribution in [1.29, 1.82) is 0 Å². The molecule has 0 aliphatic carbocycles. The maximum atomic E-state index is 10.3. The predicted molar refractivity (Wildman–Crippen MR) is 426 cm³/mol. The summed E-state index contributed by atoms with van der Waals surface area (Å²) in [6, 6.07) is 0. The van der Waals surface area contributed by atoms with E-state index in [9.17, 15) is 29.7 Å². The van der Waals surface area contributed by atoms with E-state index in [1.807, 2.05) is 0 Å². The van der Waals surface area contributed by atoms with Gasteiger partial charge in [0, 0.05) is 17.9 Å². The molecular weight excluding hydrogens is 1200 g/mol. The molecule has 576 valence electrons. The summed E-state index contributed by atoms with van der Waals surface area (Å²) in [7, 11) is 0. The molecule has 0 radical (unpaired) electrons. The van der Waals surface area contributed by atoms with Crippen LogP contribution in [-0.4, -0.2) is 35.3 Å². The number of carbonyl (C=O) groups is 3. The Balaban J connectivity index is -0.000000665. The van der Waals surface area contributed by atoms with Gasteiger partial charge in [0.1, 0.15) is 0 Å². The topological polar surface area (TPSA) is 120 Å². The number of aliphatic carboxylic acids is 3. The number of unbranched alkanes of at least 4 members (excludes halogenated alkanes) is 78. The molecule has 0 bridgehead atoms. The van der Waals surface area contributed by atoms with E-state index < -0.39 is 17.9 Å². The summed E-state index contributed by atoms with van der Waals surface area (Å²) in [4.78, 5) is 31.0. The zero-order valence-corrected chi connectivity index (χ0v) is 68.1. The molecule has 0 saturated carbocycles. The zero-order chi connectivity index (χ0) is 70.1. The third-order valence-electron chi connectivity index (χ3n) is 21.0. The van der Waals surface area contributed by atoms with E-state index in [0.29, 0.717) is 0 Å². The van der Waals surface area contributed by atoms with Gasteiger partial charge in [-0.25, -0.2) is 0 Å². The van der Waals surface area contributed by atoms with Gasteiger partial charge < -0.3 is 29.7 Å². The van der Waals surface area contributed by atoms with Crippen LogP contribution >= 0.6 is 0 Å². The van der Waals surface area contributed by atoms with Crippen LogP contribution in [-0.2, 0) is 14.4 Å². The molecule has 0 amide bonds. The van der Waals surface area contributed by atoms with Crippen LogP contribution < -0.4 is 15.3 Å². The molecule has 97 heavy (non-hydrogen) atoms. The normalized spacial score (nSPS) is 11.2. The van der Waals surface area contributed by atoms with E-state index in [2.05, 4.69) is 20.8 Å². The van der Waals surface area contributed by atoms with Crippen molar-refractivity contribution in [2.45, 2.75) is 560 Å². The molecule has 0 saturated heterocycles. The third-order valence-corrected chi connectivity index (χ3v) is 21.0. The van der Waals surface area contributed by atoms with Crippen LogP contribution in [0.3, 0.4) is 0 Å². The van der Waals surface area contributed by atoms with E-state index in [-0.39, 0.29) is 36.6 Å². The smallest absolute Gasteiger partial charge is 0.550 e. The maximum Gasteiger partial charge on any atom is 3.00 e. The van der Waals surface area contributed by atoms with Crippen LogP contribution in [0.5, 0.6) is 0 Å². The Morgan fingerprint density at radius 2 is 0.196 bits per heavy atom. The van der Waals surface area contributed by atoms with E-state index in [1.54, 1.807) is 0 Å². The monoisotopic (exact) mass is 1380 g/mol. The summed E-state index contributed by atoms with van der Waals surface area (Å²) in [6.07, 6.45) is 113. The van der Waals surface area contributed by atoms with Gasteiger partial charge in [0.2, 0.25) is 0 Å². The first-order valence-corrected chi connectivity index (χ1v) is 44.9. The van der Waals surface area contributed by atoms with Crippen molar-refractivity contribution in [1.82, 2.24) is 0 Å². The summed E-state index contributed by atoms with van der Waals surface area (Å²) in [5, 5.41) is 31.0. The van der Waals surface area contributed by atoms with E-state index in [0.717, 1.165) is 38.5 Å². The fraction of sp³-hybridized carbons (Fsp3) is 0.967. The average molecular weight is 1380 g/mol. The minimum absolute atomic E-state index is 0. The Kier molecular flexibility index (Phi) is 105. The van der Waals surface area contributed by atoms with Crippen molar-refractivity contribution in [3.63, 3.8) is 0 Å². The Morgan fingerprint density at radius 3 is 0.258 bits per heavy atom. The van der Waals surface area contributed by atoms with Crippen LogP contribution in [0, 0.1) is 0 Å². The van der Waals surface area contributed by atoms with Gasteiger partial charge >= 0.3 is 17.4 Å². The van der Waals surface area contributed by atoms with Crippen molar-refractivity contribution in [3.8, 4) is 0 Å². The van der Waals surface area contributed by atoms with Gasteiger partial charge in [0.25, 0.3) is 0 Å². The molecule has 0 heterocycles. The molecule has 7 heteroatoms. The standard InChI is InChI=1S/3C30H60O2.Al/c3*1-2-3-4-5-6-7-8-9-10-11-12-13-14-15-16-17-18-19-20-21-22-23-24-25-26-27-28-29-30(31)32;/h3*2-29H2,1H3,(H,31,32);/q;;;+3/p-3. The Morgan fingerprint density at radius 1 is 0.134 bits per heavy atom. The molecule has 0 aromatic rings. The summed E-state index contributed by atoms with van der Waals surface area (Å²) in [5.41, 5.74) is 0. The summed E-state index contributed by atoms with van der Waals surface area (Å²) >= 11 is 0. The second kappa shape index (κ2) is 99.1. The zero-order valence-electron chi connectivity index (χ0n) is 66.9. The first-order valence-electron chi connectivity index (χ1n) is 44.9.